The molecule has 1 aromatic rings. The van der Waals surface area contributed by atoms with Crippen molar-refractivity contribution in [3.63, 3.8) is 0 Å². The number of benzene rings is 1. The van der Waals surface area contributed by atoms with Crippen LogP contribution >= 0.6 is 0 Å². The number of nitrogens with one attached hydrogen (secondary N) is 1. The quantitative estimate of drug-likeness (QED) is 0.541. The van der Waals surface area contributed by atoms with E-state index in [1.165, 1.54) is 4.90 Å². The van der Waals surface area contributed by atoms with Gasteiger partial charge < -0.3 is 33.7 Å². The van der Waals surface area contributed by atoms with Crippen molar-refractivity contribution in [3.05, 3.63) is 41.2 Å². The number of carbonyl (C=O) groups is 2. The zero-order valence-corrected chi connectivity index (χ0v) is 22.0. The smallest absolute Gasteiger partial charge is 0.199 e. The Hall–Kier alpha value is -2.34. The van der Waals surface area contributed by atoms with Crippen LogP contribution in [-0.4, -0.2) is 94.8 Å². The third kappa shape index (κ3) is 7.06. The SMILES string of the molecule is [2H]C1([2H])C(C(=O)COC2CCCCO2)C2(CN(Cc3ccc(OC)cc3)C1([2H])[2H])OCCO2.[2H]C1([2H])NCC2=C(C(=O)CO2)C1([2H])[2H]. The van der Waals surface area contributed by atoms with E-state index in [1.807, 2.05) is 0 Å². The van der Waals surface area contributed by atoms with Crippen LogP contribution in [0.5, 0.6) is 5.75 Å². The van der Waals surface area contributed by atoms with Crippen LogP contribution in [-0.2, 0) is 39.8 Å². The Labute approximate surface area is 241 Å². The summed E-state index contributed by atoms with van der Waals surface area (Å²) in [5, 5.41) is 2.36. The van der Waals surface area contributed by atoms with Crippen LogP contribution in [0.25, 0.3) is 0 Å². The van der Waals surface area contributed by atoms with Gasteiger partial charge in [-0.15, -0.1) is 0 Å². The summed E-state index contributed by atoms with van der Waals surface area (Å²) in [6.07, 6.45) is -2.90. The zero-order chi connectivity index (χ0) is 34.3. The monoisotopic (exact) mass is 552 g/mol. The van der Waals surface area contributed by atoms with E-state index in [0.29, 0.717) is 18.8 Å². The highest BCUT2D eigenvalue weighted by Crippen LogP contribution is 2.37. The van der Waals surface area contributed by atoms with Gasteiger partial charge >= 0.3 is 0 Å². The summed E-state index contributed by atoms with van der Waals surface area (Å²) in [6, 6.07) is 7.11. The Kier molecular flexibility index (Phi) is 6.74. The van der Waals surface area contributed by atoms with E-state index in [-0.39, 0.29) is 50.8 Å². The van der Waals surface area contributed by atoms with Gasteiger partial charge in [0.25, 0.3) is 0 Å². The van der Waals surface area contributed by atoms with E-state index >= 15 is 0 Å². The molecular formula is C29H40N2O8. The van der Waals surface area contributed by atoms with E-state index in [2.05, 4.69) is 5.32 Å². The van der Waals surface area contributed by atoms with Gasteiger partial charge in [0, 0.05) is 29.7 Å². The lowest BCUT2D eigenvalue weighted by Gasteiger charge is -2.43. The second kappa shape index (κ2) is 13.3. The molecule has 10 heteroatoms. The Balaban J connectivity index is 0.000000257. The summed E-state index contributed by atoms with van der Waals surface area (Å²) in [4.78, 5) is 25.9. The molecule has 5 heterocycles. The number of nitrogens with zero attached hydrogens (tertiary/aromatic N) is 1. The largest absolute Gasteiger partial charge is 0.497 e. The Bertz CT molecular complexity index is 1350. The molecular weight excluding hydrogens is 504 g/mol. The molecule has 2 atom stereocenters. The topological polar surface area (TPSA) is 105 Å². The van der Waals surface area contributed by atoms with Crippen LogP contribution in [0, 0.1) is 5.92 Å². The first kappa shape index (κ1) is 19.7. The fourth-order valence-corrected chi connectivity index (χ4v) is 4.83. The lowest BCUT2D eigenvalue weighted by atomic mass is 9.86. The average molecular weight is 553 g/mol. The number of Topliss-reactive ketones (excluding diaryl/α,β-unsaturated/α-hetero) is 2. The summed E-state index contributed by atoms with van der Waals surface area (Å²) < 4.78 is 97.7. The molecule has 2 unspecified atom stereocenters. The van der Waals surface area contributed by atoms with Gasteiger partial charge in [0.05, 0.1) is 39.3 Å². The molecule has 1 aromatic carbocycles. The van der Waals surface area contributed by atoms with Gasteiger partial charge in [-0.2, -0.15) is 0 Å². The molecule has 5 aliphatic rings. The minimum Gasteiger partial charge on any atom is -0.497 e. The predicted octanol–water partition coefficient (Wildman–Crippen LogP) is 2.21. The fourth-order valence-electron chi connectivity index (χ4n) is 4.83. The molecule has 3 fully saturated rings. The predicted molar refractivity (Wildman–Crippen MR) is 141 cm³/mol. The van der Waals surface area contributed by atoms with Crippen molar-refractivity contribution in [1.29, 1.82) is 0 Å². The van der Waals surface area contributed by atoms with Crippen molar-refractivity contribution in [1.82, 2.24) is 10.2 Å². The second-order valence-electron chi connectivity index (χ2n) is 9.59. The maximum Gasteiger partial charge on any atom is 0.199 e. The first-order chi connectivity index (χ1) is 22.1. The lowest BCUT2D eigenvalue weighted by Crippen LogP contribution is -2.57. The highest BCUT2D eigenvalue weighted by Gasteiger charge is 2.51. The van der Waals surface area contributed by atoms with Crippen LogP contribution in [0.2, 0.25) is 0 Å². The van der Waals surface area contributed by atoms with E-state index in [9.17, 15) is 9.59 Å². The molecule has 6 rings (SSSR count). The number of hydrogen-bond acceptors (Lipinski definition) is 10. The van der Waals surface area contributed by atoms with Crippen molar-refractivity contribution in [2.75, 3.05) is 66.2 Å². The highest BCUT2D eigenvalue weighted by molar-refractivity contribution is 5.98. The van der Waals surface area contributed by atoms with Crippen LogP contribution in [0.1, 0.15) is 48.5 Å². The summed E-state index contributed by atoms with van der Waals surface area (Å²) in [5.41, 5.74) is 0.618. The minimum absolute atomic E-state index is 0.0631. The van der Waals surface area contributed by atoms with Crippen LogP contribution < -0.4 is 10.1 Å². The number of carbonyl (C=O) groups excluding carboxylic acids is 2. The van der Waals surface area contributed by atoms with Crippen LogP contribution in [0.3, 0.4) is 0 Å². The standard InChI is InChI=1S/C22H31NO6.C7H9NO2/c1-25-18-7-5-17(6-8-18)14-23-10-9-19(22(16-23)28-12-13-29-22)20(24)15-27-21-4-2-3-11-26-21;9-6-4-10-7-3-8-2-1-5(6)7/h5-8,19,21H,2-4,9-16H2,1H3;8H,1-4H2/i9D2,10D2;1D2,2D2. The van der Waals surface area contributed by atoms with Crippen molar-refractivity contribution >= 4 is 11.6 Å². The zero-order valence-electron chi connectivity index (χ0n) is 30.0. The van der Waals surface area contributed by atoms with Crippen molar-refractivity contribution in [2.45, 2.75) is 50.6 Å². The van der Waals surface area contributed by atoms with Gasteiger partial charge in [-0.05, 0) is 62.7 Å². The molecule has 3 saturated heterocycles. The molecule has 10 nitrogen and oxygen atoms in total. The molecule has 0 bridgehead atoms. The number of piperidine rings is 1. The highest BCUT2D eigenvalue weighted by atomic mass is 16.7. The number of rotatable bonds is 7. The summed E-state index contributed by atoms with van der Waals surface area (Å²) in [7, 11) is 1.56. The molecule has 0 saturated carbocycles. The van der Waals surface area contributed by atoms with Crippen molar-refractivity contribution in [3.8, 4) is 5.75 Å². The molecule has 214 valence electrons. The first-order valence-corrected chi connectivity index (χ1v) is 13.1. The van der Waals surface area contributed by atoms with Crippen LogP contribution in [0.15, 0.2) is 35.6 Å². The van der Waals surface area contributed by atoms with E-state index in [0.717, 1.165) is 18.4 Å². The van der Waals surface area contributed by atoms with Gasteiger partial charge in [-0.3, -0.25) is 14.5 Å². The van der Waals surface area contributed by atoms with Gasteiger partial charge in [-0.25, -0.2) is 0 Å². The molecule has 0 aromatic heterocycles. The maximum absolute atomic E-state index is 13.3. The maximum atomic E-state index is 13.3. The van der Waals surface area contributed by atoms with Gasteiger partial charge in [0.1, 0.15) is 18.1 Å². The molecule has 39 heavy (non-hydrogen) atoms. The van der Waals surface area contributed by atoms with Gasteiger partial charge in [0.15, 0.2) is 30.3 Å². The molecule has 1 spiro atoms. The number of ether oxygens (including phenoxy) is 6. The van der Waals surface area contributed by atoms with E-state index in [4.69, 9.17) is 39.4 Å². The van der Waals surface area contributed by atoms with Gasteiger partial charge in [-0.1, -0.05) is 12.1 Å². The second-order valence-corrected chi connectivity index (χ2v) is 9.59. The number of methoxy groups -OCH3 is 1. The third-order valence-corrected chi connectivity index (χ3v) is 6.86. The van der Waals surface area contributed by atoms with E-state index in [1.54, 1.807) is 31.4 Å². The number of ketones is 2. The summed E-state index contributed by atoms with van der Waals surface area (Å²) in [6.45, 7) is -4.22. The summed E-state index contributed by atoms with van der Waals surface area (Å²) in [5.74, 6) is -3.23. The third-order valence-electron chi connectivity index (χ3n) is 6.86. The normalized spacial score (nSPS) is 34.7. The first-order valence-electron chi connectivity index (χ1n) is 17.1. The average Bonchev–Trinajstić information content (AvgIpc) is 3.65. The van der Waals surface area contributed by atoms with E-state index < -0.39 is 61.9 Å². The molecule has 0 amide bonds. The van der Waals surface area contributed by atoms with Crippen molar-refractivity contribution < 1.29 is 49.0 Å². The Morgan fingerprint density at radius 3 is 2.77 bits per heavy atom. The molecule has 0 aliphatic carbocycles. The lowest BCUT2D eigenvalue weighted by molar-refractivity contribution is -0.227. The molecule has 0 radical (unpaired) electrons. The van der Waals surface area contributed by atoms with Crippen molar-refractivity contribution in [2.24, 2.45) is 5.92 Å². The Morgan fingerprint density at radius 1 is 1.21 bits per heavy atom. The van der Waals surface area contributed by atoms with Crippen LogP contribution in [0.4, 0.5) is 0 Å². The number of hydrogen-bond donors (Lipinski definition) is 1. The molecule has 1 N–H and O–H groups in total. The number of likely N-dealkylation sites (tertiary alicyclic amines) is 1. The minimum atomic E-state index is -2.60. The van der Waals surface area contributed by atoms with Gasteiger partial charge in [0.2, 0.25) is 0 Å². The summed E-state index contributed by atoms with van der Waals surface area (Å²) >= 11 is 0. The molecule has 5 aliphatic heterocycles. The Morgan fingerprint density at radius 2 is 2.03 bits per heavy atom. The fraction of sp³-hybridized carbons (Fsp3) is 0.655.